The second-order valence-electron chi connectivity index (χ2n) is 2.13. The summed E-state index contributed by atoms with van der Waals surface area (Å²) in [5, 5.41) is 31.2. The Bertz CT molecular complexity index is 252. The Hall–Kier alpha value is -2.10. The highest BCUT2D eigenvalue weighted by atomic mass is 16.4. The van der Waals surface area contributed by atoms with Crippen molar-refractivity contribution in [2.75, 3.05) is 0 Å². The molecule has 0 aliphatic heterocycles. The average molecular weight is 203 g/mol. The Balaban J connectivity index is 0. The summed E-state index contributed by atoms with van der Waals surface area (Å²) in [5.41, 5.74) is 0. The van der Waals surface area contributed by atoms with Crippen LogP contribution in [0, 0.1) is 17.2 Å². The lowest BCUT2D eigenvalue weighted by Gasteiger charge is -1.94. The van der Waals surface area contributed by atoms with Crippen LogP contribution in [0.4, 0.5) is 0 Å². The van der Waals surface area contributed by atoms with Crippen LogP contribution in [0.5, 0.6) is 0 Å². The lowest BCUT2D eigenvalue weighted by Crippen LogP contribution is -2.19. The number of aliphatic carboxylic acids is 3. The van der Waals surface area contributed by atoms with Gasteiger partial charge in [-0.3, -0.25) is 14.4 Å². The van der Waals surface area contributed by atoms with E-state index in [1.165, 1.54) is 6.07 Å². The van der Waals surface area contributed by atoms with Crippen LogP contribution < -0.4 is 0 Å². The van der Waals surface area contributed by atoms with Crippen LogP contribution in [0.3, 0.4) is 0 Å². The van der Waals surface area contributed by atoms with Crippen LogP contribution >= 0.6 is 0 Å². The zero-order chi connectivity index (χ0) is 11.7. The van der Waals surface area contributed by atoms with Gasteiger partial charge in [0.1, 0.15) is 6.42 Å². The molecule has 0 aliphatic carbocycles. The lowest BCUT2D eigenvalue weighted by molar-refractivity contribution is -0.153. The molecule has 0 atom stereocenters. The van der Waals surface area contributed by atoms with E-state index in [0.717, 1.165) is 6.92 Å². The van der Waals surface area contributed by atoms with Crippen molar-refractivity contribution in [3.8, 4) is 6.07 Å². The van der Waals surface area contributed by atoms with Crippen molar-refractivity contribution in [1.29, 1.82) is 5.26 Å². The number of carbonyl (C=O) groups is 3. The van der Waals surface area contributed by atoms with Gasteiger partial charge in [0.25, 0.3) is 0 Å². The fourth-order valence-electron chi connectivity index (χ4n) is 0.173. The topological polar surface area (TPSA) is 136 Å². The normalized spacial score (nSPS) is 8.07. The molecule has 0 amide bonds. The third kappa shape index (κ3) is 9.90. The Morgan fingerprint density at radius 1 is 1.21 bits per heavy atom. The van der Waals surface area contributed by atoms with Gasteiger partial charge in [0, 0.05) is 0 Å². The molecule has 7 nitrogen and oxygen atoms in total. The maximum atomic E-state index is 9.76. The van der Waals surface area contributed by atoms with E-state index in [0.29, 0.717) is 0 Å². The molecule has 14 heavy (non-hydrogen) atoms. The SMILES string of the molecule is CC(C(=O)O)C(=O)O.N#CCC(=O)O. The largest absolute Gasteiger partial charge is 0.481 e. The van der Waals surface area contributed by atoms with Crippen LogP contribution in [-0.2, 0) is 14.4 Å². The summed E-state index contributed by atoms with van der Waals surface area (Å²) in [7, 11) is 0. The zero-order valence-electron chi connectivity index (χ0n) is 7.30. The molecule has 0 heterocycles. The number of hydrogen-bond donors (Lipinski definition) is 3. The predicted octanol–water partition coefficient (Wildman–Crippen LogP) is -0.224. The Kier molecular flexibility index (Phi) is 7.77. The summed E-state index contributed by atoms with van der Waals surface area (Å²) in [6.07, 6.45) is -0.403. The molecule has 0 aromatic heterocycles. The average Bonchev–Trinajstić information content (AvgIpc) is 2.03. The molecule has 0 saturated heterocycles. The van der Waals surface area contributed by atoms with Crippen molar-refractivity contribution in [2.24, 2.45) is 5.92 Å². The molecule has 3 N–H and O–H groups in total. The first-order chi connectivity index (χ1) is 6.32. The van der Waals surface area contributed by atoms with Crippen molar-refractivity contribution in [3.63, 3.8) is 0 Å². The van der Waals surface area contributed by atoms with Gasteiger partial charge in [-0.05, 0) is 6.92 Å². The van der Waals surface area contributed by atoms with Gasteiger partial charge in [-0.2, -0.15) is 5.26 Å². The third-order valence-electron chi connectivity index (χ3n) is 0.971. The molecule has 0 aromatic rings. The van der Waals surface area contributed by atoms with Crippen LogP contribution in [0.1, 0.15) is 13.3 Å². The molecular weight excluding hydrogens is 194 g/mol. The zero-order valence-corrected chi connectivity index (χ0v) is 7.30. The highest BCUT2D eigenvalue weighted by Gasteiger charge is 2.18. The van der Waals surface area contributed by atoms with Gasteiger partial charge in [-0.25, -0.2) is 0 Å². The number of nitriles is 1. The Labute approximate surface area is 79.2 Å². The first-order valence-electron chi connectivity index (χ1n) is 3.37. The van der Waals surface area contributed by atoms with Gasteiger partial charge in [0.15, 0.2) is 5.92 Å². The fourth-order valence-corrected chi connectivity index (χ4v) is 0.173. The minimum Gasteiger partial charge on any atom is -0.481 e. The second kappa shape index (κ2) is 7.54. The van der Waals surface area contributed by atoms with Crippen LogP contribution in [0.2, 0.25) is 0 Å². The summed E-state index contributed by atoms with van der Waals surface area (Å²) in [4.78, 5) is 28.9. The molecule has 0 fully saturated rings. The van der Waals surface area contributed by atoms with Gasteiger partial charge < -0.3 is 15.3 Å². The summed E-state index contributed by atoms with van der Waals surface area (Å²) < 4.78 is 0. The number of hydrogen-bond acceptors (Lipinski definition) is 4. The van der Waals surface area contributed by atoms with E-state index in [2.05, 4.69) is 0 Å². The molecule has 0 radical (unpaired) electrons. The van der Waals surface area contributed by atoms with E-state index in [4.69, 9.17) is 20.6 Å². The molecule has 0 spiro atoms. The van der Waals surface area contributed by atoms with E-state index < -0.39 is 30.2 Å². The van der Waals surface area contributed by atoms with Crippen molar-refractivity contribution < 1.29 is 29.7 Å². The van der Waals surface area contributed by atoms with E-state index in [1.54, 1.807) is 0 Å². The molecule has 7 heteroatoms. The predicted molar refractivity (Wildman–Crippen MR) is 42.3 cm³/mol. The number of rotatable bonds is 3. The molecule has 78 valence electrons. The molecule has 0 saturated carbocycles. The quantitative estimate of drug-likeness (QED) is 0.539. The Morgan fingerprint density at radius 2 is 1.57 bits per heavy atom. The highest BCUT2D eigenvalue weighted by molar-refractivity contribution is 5.92. The third-order valence-corrected chi connectivity index (χ3v) is 0.971. The van der Waals surface area contributed by atoms with Crippen LogP contribution in [-0.4, -0.2) is 33.2 Å². The molecule has 0 unspecified atom stereocenters. The van der Waals surface area contributed by atoms with Crippen LogP contribution in [0.25, 0.3) is 0 Å². The minimum absolute atomic E-state index is 0.403. The smallest absolute Gasteiger partial charge is 0.317 e. The first kappa shape index (κ1) is 14.4. The van der Waals surface area contributed by atoms with E-state index in [1.807, 2.05) is 0 Å². The van der Waals surface area contributed by atoms with Gasteiger partial charge in [0.05, 0.1) is 6.07 Å². The molecule has 0 bridgehead atoms. The molecular formula is C7H9NO6. The summed E-state index contributed by atoms with van der Waals surface area (Å²) in [6, 6.07) is 1.47. The van der Waals surface area contributed by atoms with Gasteiger partial charge in [-0.15, -0.1) is 0 Å². The monoisotopic (exact) mass is 203 g/mol. The number of nitrogens with zero attached hydrogens (tertiary/aromatic N) is 1. The molecule has 0 aliphatic rings. The minimum atomic E-state index is -1.31. The van der Waals surface area contributed by atoms with Crippen molar-refractivity contribution >= 4 is 17.9 Å². The van der Waals surface area contributed by atoms with E-state index in [-0.39, 0.29) is 0 Å². The van der Waals surface area contributed by atoms with Crippen LogP contribution in [0.15, 0.2) is 0 Å². The summed E-state index contributed by atoms with van der Waals surface area (Å²) in [6.45, 7) is 1.12. The van der Waals surface area contributed by atoms with Gasteiger partial charge >= 0.3 is 17.9 Å². The molecule has 0 rings (SSSR count). The maximum absolute atomic E-state index is 9.76. The highest BCUT2D eigenvalue weighted by Crippen LogP contribution is 1.91. The van der Waals surface area contributed by atoms with E-state index >= 15 is 0 Å². The lowest BCUT2D eigenvalue weighted by atomic mass is 10.2. The maximum Gasteiger partial charge on any atom is 0.317 e. The fraction of sp³-hybridized carbons (Fsp3) is 0.429. The standard InChI is InChI=1S/C4H6O4.C3H3NO2/c1-2(3(5)6)4(7)8;4-2-1-3(5)6/h2H,1H3,(H,5,6)(H,7,8);1H2,(H,5,6). The van der Waals surface area contributed by atoms with Crippen molar-refractivity contribution in [3.05, 3.63) is 0 Å². The number of carboxylic acid groups (broad SMARTS) is 3. The molecule has 0 aromatic carbocycles. The summed E-state index contributed by atoms with van der Waals surface area (Å²) >= 11 is 0. The van der Waals surface area contributed by atoms with Crippen molar-refractivity contribution in [2.45, 2.75) is 13.3 Å². The Morgan fingerprint density at radius 3 is 1.57 bits per heavy atom. The first-order valence-corrected chi connectivity index (χ1v) is 3.37. The second-order valence-corrected chi connectivity index (χ2v) is 2.13. The number of carboxylic acids is 3. The van der Waals surface area contributed by atoms with Gasteiger partial charge in [0.2, 0.25) is 0 Å². The van der Waals surface area contributed by atoms with E-state index in [9.17, 15) is 14.4 Å². The van der Waals surface area contributed by atoms with Gasteiger partial charge in [-0.1, -0.05) is 0 Å². The van der Waals surface area contributed by atoms with Crippen molar-refractivity contribution in [1.82, 2.24) is 0 Å². The summed E-state index contributed by atoms with van der Waals surface area (Å²) in [5.74, 6) is -4.98.